The molecule has 2 rings (SSSR count). The van der Waals surface area contributed by atoms with Crippen molar-refractivity contribution in [3.63, 3.8) is 0 Å². The Hall–Kier alpha value is -0.690. The summed E-state index contributed by atoms with van der Waals surface area (Å²) in [7, 11) is 1.87. The molecule has 21 heavy (non-hydrogen) atoms. The number of hydrogen-bond donors (Lipinski definition) is 1. The number of piperazine rings is 1. The van der Waals surface area contributed by atoms with Gasteiger partial charge < -0.3 is 10.2 Å². The highest BCUT2D eigenvalue weighted by atomic mass is 79.9. The molecular weight excluding hydrogens is 361 g/mol. The average Bonchev–Trinajstić information content (AvgIpc) is 2.43. The molecule has 1 fully saturated rings. The van der Waals surface area contributed by atoms with Gasteiger partial charge in [0, 0.05) is 37.2 Å². The van der Waals surface area contributed by atoms with Gasteiger partial charge in [-0.3, -0.25) is 9.69 Å². The van der Waals surface area contributed by atoms with Gasteiger partial charge in [0.2, 0.25) is 5.91 Å². The van der Waals surface area contributed by atoms with Crippen molar-refractivity contribution in [1.29, 1.82) is 0 Å². The van der Waals surface area contributed by atoms with Gasteiger partial charge in [-0.15, -0.1) is 12.4 Å². The number of nitrogens with zero attached hydrogens (tertiary/aromatic N) is 2. The predicted octanol–water partition coefficient (Wildman–Crippen LogP) is 1.87. The van der Waals surface area contributed by atoms with Crippen LogP contribution in [0.3, 0.4) is 0 Å². The number of nitrogens with one attached hydrogen (secondary N) is 1. The number of benzene rings is 1. The fraction of sp³-hybridized carbons (Fsp3) is 0.500. The van der Waals surface area contributed by atoms with Crippen LogP contribution in [0.4, 0.5) is 4.39 Å². The van der Waals surface area contributed by atoms with Crippen molar-refractivity contribution < 1.29 is 9.18 Å². The van der Waals surface area contributed by atoms with Gasteiger partial charge in [-0.25, -0.2) is 4.39 Å². The molecule has 1 aliphatic heterocycles. The van der Waals surface area contributed by atoms with E-state index < -0.39 is 0 Å². The minimum Gasteiger partial charge on any atom is -0.339 e. The van der Waals surface area contributed by atoms with E-state index in [2.05, 4.69) is 21.2 Å². The van der Waals surface area contributed by atoms with Gasteiger partial charge in [0.05, 0.1) is 6.54 Å². The summed E-state index contributed by atoms with van der Waals surface area (Å²) < 4.78 is 14.1. The maximum Gasteiger partial charge on any atom is 0.236 e. The molecule has 1 aromatic carbocycles. The van der Waals surface area contributed by atoms with Gasteiger partial charge in [0.1, 0.15) is 5.82 Å². The number of amides is 1. The molecule has 0 radical (unpaired) electrons. The Labute approximate surface area is 139 Å². The van der Waals surface area contributed by atoms with Gasteiger partial charge in [-0.05, 0) is 30.8 Å². The fourth-order valence-corrected chi connectivity index (χ4v) is 2.63. The van der Waals surface area contributed by atoms with Crippen molar-refractivity contribution in [2.24, 2.45) is 0 Å². The molecule has 1 heterocycles. The molecule has 0 spiro atoms. The van der Waals surface area contributed by atoms with Gasteiger partial charge >= 0.3 is 0 Å². The molecule has 0 atom stereocenters. The minimum absolute atomic E-state index is 0. The first-order valence-electron chi connectivity index (χ1n) is 6.67. The van der Waals surface area contributed by atoms with Crippen molar-refractivity contribution in [3.8, 4) is 0 Å². The Morgan fingerprint density at radius 3 is 2.76 bits per heavy atom. The summed E-state index contributed by atoms with van der Waals surface area (Å²) in [6.07, 6.45) is 0. The third-order valence-corrected chi connectivity index (χ3v) is 4.10. The standard InChI is InChI=1S/C14H19BrFN3O.ClH/c1-18(9-11-8-12(16)2-3-13(11)15)10-14(20)19-6-4-17-5-7-19;/h2-3,8,17H,4-7,9-10H2,1H3;1H. The van der Waals surface area contributed by atoms with Crippen molar-refractivity contribution in [1.82, 2.24) is 15.1 Å². The maximum atomic E-state index is 13.2. The molecule has 0 unspecified atom stereocenters. The zero-order chi connectivity index (χ0) is 14.5. The number of carbonyl (C=O) groups excluding carboxylic acids is 1. The summed E-state index contributed by atoms with van der Waals surface area (Å²) in [6.45, 7) is 4.11. The van der Waals surface area contributed by atoms with Crippen LogP contribution in [0.1, 0.15) is 5.56 Å². The van der Waals surface area contributed by atoms with Crippen LogP contribution in [0.25, 0.3) is 0 Å². The van der Waals surface area contributed by atoms with E-state index in [-0.39, 0.29) is 24.1 Å². The van der Waals surface area contributed by atoms with Crippen molar-refractivity contribution in [2.75, 3.05) is 39.8 Å². The summed E-state index contributed by atoms with van der Waals surface area (Å²) in [4.78, 5) is 15.9. The predicted molar refractivity (Wildman–Crippen MR) is 87.1 cm³/mol. The number of carbonyl (C=O) groups is 1. The second kappa shape index (κ2) is 8.68. The molecule has 0 aliphatic carbocycles. The van der Waals surface area contributed by atoms with E-state index in [1.54, 1.807) is 6.07 Å². The van der Waals surface area contributed by atoms with Gasteiger partial charge in [0.25, 0.3) is 0 Å². The van der Waals surface area contributed by atoms with Crippen molar-refractivity contribution in [2.45, 2.75) is 6.54 Å². The summed E-state index contributed by atoms with van der Waals surface area (Å²) in [5.74, 6) is -0.133. The van der Waals surface area contributed by atoms with Gasteiger partial charge in [0.15, 0.2) is 0 Å². The van der Waals surface area contributed by atoms with Crippen LogP contribution in [0, 0.1) is 5.82 Å². The lowest BCUT2D eigenvalue weighted by molar-refractivity contribution is -0.132. The number of halogens is 3. The maximum absolute atomic E-state index is 13.2. The van der Waals surface area contributed by atoms with E-state index in [0.29, 0.717) is 13.1 Å². The first-order chi connectivity index (χ1) is 9.56. The van der Waals surface area contributed by atoms with Crippen LogP contribution in [0.15, 0.2) is 22.7 Å². The number of hydrogen-bond acceptors (Lipinski definition) is 3. The lowest BCUT2D eigenvalue weighted by atomic mass is 10.2. The normalized spacial score (nSPS) is 15.0. The fourth-order valence-electron chi connectivity index (χ4n) is 2.26. The Balaban J connectivity index is 0.00000220. The van der Waals surface area contributed by atoms with Crippen LogP contribution < -0.4 is 5.32 Å². The van der Waals surface area contributed by atoms with E-state index >= 15 is 0 Å². The molecule has 0 aromatic heterocycles. The zero-order valence-electron chi connectivity index (χ0n) is 11.9. The van der Waals surface area contributed by atoms with Crippen LogP contribution in [0.2, 0.25) is 0 Å². The van der Waals surface area contributed by atoms with Crippen LogP contribution in [-0.2, 0) is 11.3 Å². The lowest BCUT2D eigenvalue weighted by Crippen LogP contribution is -2.49. The molecule has 4 nitrogen and oxygen atoms in total. The van der Waals surface area contributed by atoms with Crippen molar-refractivity contribution >= 4 is 34.2 Å². The largest absolute Gasteiger partial charge is 0.339 e. The lowest BCUT2D eigenvalue weighted by Gasteiger charge is -2.29. The van der Waals surface area contributed by atoms with Crippen LogP contribution in [-0.4, -0.2) is 55.5 Å². The van der Waals surface area contributed by atoms with E-state index in [1.807, 2.05) is 16.8 Å². The Morgan fingerprint density at radius 2 is 2.10 bits per heavy atom. The highest BCUT2D eigenvalue weighted by molar-refractivity contribution is 9.10. The minimum atomic E-state index is -0.259. The molecule has 1 N–H and O–H groups in total. The van der Waals surface area contributed by atoms with E-state index in [1.165, 1.54) is 12.1 Å². The summed E-state index contributed by atoms with van der Waals surface area (Å²) in [5, 5.41) is 3.22. The molecule has 7 heteroatoms. The molecular formula is C14H20BrClFN3O. The Bertz CT molecular complexity index is 483. The summed E-state index contributed by atoms with van der Waals surface area (Å²) >= 11 is 3.40. The number of likely N-dealkylation sites (N-methyl/N-ethyl adjacent to an activating group) is 1. The molecule has 1 aliphatic rings. The van der Waals surface area contributed by atoms with Crippen molar-refractivity contribution in [3.05, 3.63) is 34.1 Å². The molecule has 1 saturated heterocycles. The quantitative estimate of drug-likeness (QED) is 0.866. The molecule has 0 bridgehead atoms. The molecule has 1 amide bonds. The molecule has 1 aromatic rings. The number of rotatable bonds is 4. The highest BCUT2D eigenvalue weighted by Gasteiger charge is 2.18. The third kappa shape index (κ3) is 5.54. The Morgan fingerprint density at radius 1 is 1.43 bits per heavy atom. The molecule has 118 valence electrons. The molecule has 0 saturated carbocycles. The average molecular weight is 381 g/mol. The van der Waals surface area contributed by atoms with E-state index in [4.69, 9.17) is 0 Å². The smallest absolute Gasteiger partial charge is 0.236 e. The van der Waals surface area contributed by atoms with Gasteiger partial charge in [-0.1, -0.05) is 15.9 Å². The van der Waals surface area contributed by atoms with E-state index in [9.17, 15) is 9.18 Å². The summed E-state index contributed by atoms with van der Waals surface area (Å²) in [5.41, 5.74) is 0.848. The second-order valence-electron chi connectivity index (χ2n) is 5.04. The SMILES string of the molecule is CN(CC(=O)N1CCNCC1)Cc1cc(F)ccc1Br.Cl. The Kier molecular flexibility index (Phi) is 7.59. The third-order valence-electron chi connectivity index (χ3n) is 3.32. The summed E-state index contributed by atoms with van der Waals surface area (Å²) in [6, 6.07) is 4.60. The van der Waals surface area contributed by atoms with Gasteiger partial charge in [-0.2, -0.15) is 0 Å². The first kappa shape index (κ1) is 18.4. The zero-order valence-corrected chi connectivity index (χ0v) is 14.3. The van der Waals surface area contributed by atoms with Crippen LogP contribution in [0.5, 0.6) is 0 Å². The van der Waals surface area contributed by atoms with E-state index in [0.717, 1.165) is 36.2 Å². The van der Waals surface area contributed by atoms with Crippen LogP contribution >= 0.6 is 28.3 Å². The first-order valence-corrected chi connectivity index (χ1v) is 7.46. The monoisotopic (exact) mass is 379 g/mol. The highest BCUT2D eigenvalue weighted by Crippen LogP contribution is 2.19. The topological polar surface area (TPSA) is 35.6 Å². The second-order valence-corrected chi connectivity index (χ2v) is 5.89.